The number of carboxylic acid groups (broad SMARTS) is 2. The van der Waals surface area contributed by atoms with Crippen LogP contribution in [0.1, 0.15) is 72.6 Å². The number of carboxylic acids is 2. The third kappa shape index (κ3) is 12.7. The fraction of sp³-hybridized carbons (Fsp3) is 0.739. The Morgan fingerprint density at radius 1 is 0.629 bits per heavy atom. The predicted molar refractivity (Wildman–Crippen MR) is 127 cm³/mol. The van der Waals surface area contributed by atoms with E-state index < -0.39 is 29.3 Å². The molecule has 35 heavy (non-hydrogen) atoms. The minimum Gasteiger partial charge on any atom is -0.481 e. The van der Waals surface area contributed by atoms with E-state index in [1.54, 1.807) is 0 Å². The minimum absolute atomic E-state index is 0.185. The molecule has 0 atom stereocenters. The minimum atomic E-state index is -1.17. The van der Waals surface area contributed by atoms with Crippen molar-refractivity contribution < 1.29 is 39.0 Å². The average Bonchev–Trinajstić information content (AvgIpc) is 2.76. The Kier molecular flexibility index (Phi) is 15.0. The second-order valence-corrected chi connectivity index (χ2v) is 8.96. The highest BCUT2D eigenvalue weighted by molar-refractivity contribution is 5.92. The number of carbonyl (C=O) groups excluding carboxylic acids is 4. The van der Waals surface area contributed by atoms with E-state index in [0.717, 1.165) is 0 Å². The zero-order chi connectivity index (χ0) is 27.0. The van der Waals surface area contributed by atoms with Gasteiger partial charge in [-0.05, 0) is 31.1 Å². The van der Waals surface area contributed by atoms with Crippen LogP contribution in [0.3, 0.4) is 0 Å². The van der Waals surface area contributed by atoms with Gasteiger partial charge in [-0.25, -0.2) is 0 Å². The Balaban J connectivity index is 4.39. The Morgan fingerprint density at radius 3 is 1.60 bits per heavy atom. The van der Waals surface area contributed by atoms with Gasteiger partial charge in [0.1, 0.15) is 5.54 Å². The molecule has 0 aromatic carbocycles. The summed E-state index contributed by atoms with van der Waals surface area (Å²) in [5, 5.41) is 27.9. The smallest absolute Gasteiger partial charge is 0.303 e. The number of hydrogen-bond donors (Lipinski definition) is 6. The van der Waals surface area contributed by atoms with E-state index in [0.29, 0.717) is 32.4 Å². The average molecular weight is 501 g/mol. The highest BCUT2D eigenvalue weighted by Crippen LogP contribution is 2.27. The van der Waals surface area contributed by atoms with Crippen LogP contribution in [-0.2, 0) is 28.8 Å². The normalized spacial score (nSPS) is 11.1. The highest BCUT2D eigenvalue weighted by atomic mass is 16.4. The van der Waals surface area contributed by atoms with Gasteiger partial charge in [0.05, 0.1) is 19.4 Å². The van der Waals surface area contributed by atoms with Crippen molar-refractivity contribution in [1.29, 1.82) is 0 Å². The molecular formula is C23H40N4O8. The molecule has 0 bridgehead atoms. The first-order chi connectivity index (χ1) is 16.3. The zero-order valence-electron chi connectivity index (χ0n) is 21.1. The van der Waals surface area contributed by atoms with Crippen LogP contribution in [0.5, 0.6) is 0 Å². The number of nitrogens with one attached hydrogen (secondary N) is 4. The molecule has 0 unspecified atom stereocenters. The molecule has 0 fully saturated rings. The molecule has 0 heterocycles. The summed E-state index contributed by atoms with van der Waals surface area (Å²) in [6.07, 6.45) is 1.01. The molecule has 0 saturated carbocycles. The van der Waals surface area contributed by atoms with E-state index in [9.17, 15) is 28.8 Å². The van der Waals surface area contributed by atoms with E-state index in [1.165, 1.54) is 0 Å². The summed E-state index contributed by atoms with van der Waals surface area (Å²) in [6, 6.07) is 0. The van der Waals surface area contributed by atoms with Crippen molar-refractivity contribution in [3.05, 3.63) is 0 Å². The zero-order valence-corrected chi connectivity index (χ0v) is 21.1. The van der Waals surface area contributed by atoms with Crippen LogP contribution < -0.4 is 21.3 Å². The first-order valence-corrected chi connectivity index (χ1v) is 11.9. The van der Waals surface area contributed by atoms with Crippen molar-refractivity contribution in [3.63, 3.8) is 0 Å². The standard InChI is InChI=1S/C23H40N4O8/c1-15(2)23(16(3)4,27-18(29)9-11-21(33)34)22(35)25-13-7-5-6-12-24-19(30)14-26-17(28)8-10-20(31)32/h15-16H,5-14H2,1-4H3,(H,24,30)(H,25,35)(H,26,28)(H,27,29)(H,31,32)(H,33,34). The molecular weight excluding hydrogens is 460 g/mol. The predicted octanol–water partition coefficient (Wildman–Crippen LogP) is 0.402. The maximum Gasteiger partial charge on any atom is 0.303 e. The Labute approximate surface area is 206 Å². The molecule has 200 valence electrons. The molecule has 0 aliphatic rings. The first-order valence-electron chi connectivity index (χ1n) is 11.9. The first kappa shape index (κ1) is 31.8. The van der Waals surface area contributed by atoms with Crippen molar-refractivity contribution in [3.8, 4) is 0 Å². The van der Waals surface area contributed by atoms with Gasteiger partial charge in [-0.15, -0.1) is 0 Å². The van der Waals surface area contributed by atoms with Crippen LogP contribution in [-0.4, -0.2) is 71.0 Å². The molecule has 12 nitrogen and oxygen atoms in total. The lowest BCUT2D eigenvalue weighted by Crippen LogP contribution is -2.65. The van der Waals surface area contributed by atoms with Gasteiger partial charge in [-0.3, -0.25) is 28.8 Å². The topological polar surface area (TPSA) is 191 Å². The summed E-state index contributed by atoms with van der Waals surface area (Å²) in [5.41, 5.74) is -1.17. The van der Waals surface area contributed by atoms with Gasteiger partial charge >= 0.3 is 11.9 Å². The number of amides is 4. The fourth-order valence-electron chi connectivity index (χ4n) is 3.60. The molecule has 0 saturated heterocycles. The van der Waals surface area contributed by atoms with Crippen molar-refractivity contribution in [2.75, 3.05) is 19.6 Å². The number of hydrogen-bond acceptors (Lipinski definition) is 6. The molecule has 0 aromatic heterocycles. The van der Waals surface area contributed by atoms with Gasteiger partial charge < -0.3 is 31.5 Å². The number of carbonyl (C=O) groups is 6. The summed E-state index contributed by atoms with van der Waals surface area (Å²) in [7, 11) is 0. The highest BCUT2D eigenvalue weighted by Gasteiger charge is 2.45. The van der Waals surface area contributed by atoms with E-state index in [2.05, 4.69) is 21.3 Å². The van der Waals surface area contributed by atoms with Gasteiger partial charge in [-0.1, -0.05) is 27.7 Å². The lowest BCUT2D eigenvalue weighted by atomic mass is 9.75. The molecule has 6 N–H and O–H groups in total. The van der Waals surface area contributed by atoms with Crippen molar-refractivity contribution in [2.45, 2.75) is 78.2 Å². The Hall–Kier alpha value is -3.18. The molecule has 0 spiro atoms. The molecule has 0 aliphatic heterocycles. The van der Waals surface area contributed by atoms with Gasteiger partial charge in [0.15, 0.2) is 0 Å². The van der Waals surface area contributed by atoms with Gasteiger partial charge in [0.25, 0.3) is 0 Å². The third-order valence-corrected chi connectivity index (χ3v) is 5.58. The number of rotatable bonds is 18. The van der Waals surface area contributed by atoms with Gasteiger partial charge in [-0.2, -0.15) is 0 Å². The largest absolute Gasteiger partial charge is 0.481 e. The summed E-state index contributed by atoms with van der Waals surface area (Å²) in [4.78, 5) is 69.6. The second kappa shape index (κ2) is 16.4. The lowest BCUT2D eigenvalue weighted by molar-refractivity contribution is -0.141. The van der Waals surface area contributed by atoms with Gasteiger partial charge in [0.2, 0.25) is 23.6 Å². The fourth-order valence-corrected chi connectivity index (χ4v) is 3.60. The summed E-state index contributed by atoms with van der Waals surface area (Å²) < 4.78 is 0. The van der Waals surface area contributed by atoms with Crippen LogP contribution in [0.2, 0.25) is 0 Å². The van der Waals surface area contributed by atoms with Crippen LogP contribution >= 0.6 is 0 Å². The van der Waals surface area contributed by atoms with Crippen molar-refractivity contribution in [2.24, 2.45) is 11.8 Å². The number of unbranched alkanes of at least 4 members (excludes halogenated alkanes) is 2. The quantitative estimate of drug-likeness (QED) is 0.146. The molecule has 0 rings (SSSR count). The maximum absolute atomic E-state index is 13.0. The van der Waals surface area contributed by atoms with E-state index in [-0.39, 0.29) is 55.9 Å². The third-order valence-electron chi connectivity index (χ3n) is 5.58. The number of aliphatic carboxylic acids is 2. The van der Waals surface area contributed by atoms with E-state index in [4.69, 9.17) is 10.2 Å². The van der Waals surface area contributed by atoms with Crippen LogP contribution in [0.15, 0.2) is 0 Å². The Bertz CT molecular complexity index is 744. The Morgan fingerprint density at radius 2 is 1.11 bits per heavy atom. The van der Waals surface area contributed by atoms with E-state index >= 15 is 0 Å². The molecule has 0 aromatic rings. The molecule has 0 radical (unpaired) electrons. The summed E-state index contributed by atoms with van der Waals surface area (Å²) in [6.45, 7) is 7.85. The van der Waals surface area contributed by atoms with Crippen LogP contribution in [0.4, 0.5) is 0 Å². The SMILES string of the molecule is CC(C)C(NC(=O)CCC(=O)O)(C(=O)NCCCCCNC(=O)CNC(=O)CCC(=O)O)C(C)C. The molecule has 0 aliphatic carbocycles. The van der Waals surface area contributed by atoms with Crippen LogP contribution in [0.25, 0.3) is 0 Å². The molecule has 12 heteroatoms. The van der Waals surface area contributed by atoms with Crippen molar-refractivity contribution in [1.82, 2.24) is 21.3 Å². The van der Waals surface area contributed by atoms with Crippen molar-refractivity contribution >= 4 is 35.6 Å². The van der Waals surface area contributed by atoms with E-state index in [1.807, 2.05) is 27.7 Å². The second-order valence-electron chi connectivity index (χ2n) is 8.96. The lowest BCUT2D eigenvalue weighted by Gasteiger charge is -2.40. The summed E-state index contributed by atoms with van der Waals surface area (Å²) >= 11 is 0. The van der Waals surface area contributed by atoms with Crippen LogP contribution in [0, 0.1) is 11.8 Å². The molecule has 4 amide bonds. The van der Waals surface area contributed by atoms with Gasteiger partial charge in [0, 0.05) is 25.9 Å². The maximum atomic E-state index is 13.0. The monoisotopic (exact) mass is 500 g/mol. The summed E-state index contributed by atoms with van der Waals surface area (Å²) in [5.74, 6) is -4.31.